The molecule has 3 heterocycles. The van der Waals surface area contributed by atoms with Gasteiger partial charge in [0.05, 0.1) is 21.0 Å². The molecule has 0 unspecified atom stereocenters. The lowest BCUT2D eigenvalue weighted by atomic mass is 10.1. The van der Waals surface area contributed by atoms with E-state index in [0.717, 1.165) is 37.1 Å². The molecule has 0 saturated carbocycles. The Kier molecular flexibility index (Phi) is 10.5. The van der Waals surface area contributed by atoms with E-state index in [-0.39, 0.29) is 0 Å². The summed E-state index contributed by atoms with van der Waals surface area (Å²) in [5.74, 6) is 1.61. The highest BCUT2D eigenvalue weighted by atomic mass is 32.2. The zero-order chi connectivity index (χ0) is 22.6. The van der Waals surface area contributed by atoms with Crippen LogP contribution >= 0.6 is 23.1 Å². The molecule has 0 radical (unpaired) electrons. The van der Waals surface area contributed by atoms with Gasteiger partial charge in [-0.25, -0.2) is 15.0 Å². The van der Waals surface area contributed by atoms with Crippen molar-refractivity contribution in [3.8, 4) is 22.8 Å². The average molecular weight is 457 g/mol. The summed E-state index contributed by atoms with van der Waals surface area (Å²) in [6.07, 6.45) is 6.53. The minimum absolute atomic E-state index is 0.552. The van der Waals surface area contributed by atoms with Crippen LogP contribution in [0.3, 0.4) is 0 Å². The second-order valence-electron chi connectivity index (χ2n) is 6.53. The van der Waals surface area contributed by atoms with Crippen molar-refractivity contribution in [1.82, 2.24) is 15.0 Å². The fourth-order valence-electron chi connectivity index (χ4n) is 2.66. The Labute approximate surface area is 193 Å². The molecular formula is C24H32N4OS2. The number of fused-ring (bicyclic) bond motifs is 1. The second kappa shape index (κ2) is 13.1. The molecule has 7 heteroatoms. The quantitative estimate of drug-likeness (QED) is 0.234. The third-order valence-electron chi connectivity index (χ3n) is 3.99. The molecule has 0 aliphatic heterocycles. The Hall–Kier alpha value is -2.38. The number of unbranched alkanes of at least 4 members (excludes halogenated alkanes) is 1. The van der Waals surface area contributed by atoms with Gasteiger partial charge in [-0.1, -0.05) is 77.8 Å². The van der Waals surface area contributed by atoms with Crippen molar-refractivity contribution in [2.45, 2.75) is 58.1 Å². The van der Waals surface area contributed by atoms with E-state index in [9.17, 15) is 0 Å². The smallest absolute Gasteiger partial charge is 0.183 e. The monoisotopic (exact) mass is 456 g/mol. The predicted molar refractivity (Wildman–Crippen MR) is 136 cm³/mol. The number of thiophene rings is 1. The van der Waals surface area contributed by atoms with Crippen LogP contribution in [0.2, 0.25) is 0 Å². The molecule has 0 aliphatic rings. The fraction of sp³-hybridized carbons (Fsp3) is 0.375. The molecule has 5 nitrogen and oxygen atoms in total. The maximum absolute atomic E-state index is 6.50. The minimum Gasteiger partial charge on any atom is -0.451 e. The van der Waals surface area contributed by atoms with E-state index in [1.807, 2.05) is 44.2 Å². The summed E-state index contributed by atoms with van der Waals surface area (Å²) in [5.41, 5.74) is 9.75. The molecule has 0 bridgehead atoms. The SMILES string of the molecule is CC.CCC.CCCCSc1sc2nc(-c3cocn3)nc(-c3ccccc3)c2c1N. The maximum atomic E-state index is 6.50. The van der Waals surface area contributed by atoms with Gasteiger partial charge in [0.25, 0.3) is 0 Å². The van der Waals surface area contributed by atoms with Gasteiger partial charge in [0.1, 0.15) is 16.8 Å². The van der Waals surface area contributed by atoms with Crippen molar-refractivity contribution in [3.05, 3.63) is 43.0 Å². The van der Waals surface area contributed by atoms with Gasteiger partial charge in [0.2, 0.25) is 0 Å². The summed E-state index contributed by atoms with van der Waals surface area (Å²) in [7, 11) is 0. The summed E-state index contributed by atoms with van der Waals surface area (Å²) in [5, 5.41) is 0.924. The van der Waals surface area contributed by atoms with Crippen molar-refractivity contribution in [2.75, 3.05) is 11.5 Å². The van der Waals surface area contributed by atoms with Crippen LogP contribution in [0.15, 0.2) is 51.6 Å². The van der Waals surface area contributed by atoms with E-state index in [1.54, 1.807) is 29.4 Å². The van der Waals surface area contributed by atoms with Crippen LogP contribution in [-0.4, -0.2) is 20.7 Å². The van der Waals surface area contributed by atoms with Gasteiger partial charge < -0.3 is 10.2 Å². The number of nitrogen functional groups attached to an aromatic ring is 1. The summed E-state index contributed by atoms with van der Waals surface area (Å²) >= 11 is 3.42. The molecule has 1 aromatic carbocycles. The number of nitrogens with two attached hydrogens (primary N) is 1. The Morgan fingerprint density at radius 2 is 1.77 bits per heavy atom. The van der Waals surface area contributed by atoms with E-state index in [0.29, 0.717) is 11.5 Å². The zero-order valence-electron chi connectivity index (χ0n) is 19.0. The van der Waals surface area contributed by atoms with Crippen molar-refractivity contribution in [2.24, 2.45) is 0 Å². The summed E-state index contributed by atoms with van der Waals surface area (Å²) in [4.78, 5) is 14.6. The number of thioether (sulfide) groups is 1. The summed E-state index contributed by atoms with van der Waals surface area (Å²) in [6, 6.07) is 10.1. The van der Waals surface area contributed by atoms with Crippen LogP contribution in [0.4, 0.5) is 5.69 Å². The summed E-state index contributed by atoms with van der Waals surface area (Å²) in [6.45, 7) is 10.4. The van der Waals surface area contributed by atoms with Crippen molar-refractivity contribution in [3.63, 3.8) is 0 Å². The third kappa shape index (κ3) is 6.31. The van der Waals surface area contributed by atoms with Gasteiger partial charge in [-0.15, -0.1) is 23.1 Å². The molecule has 4 aromatic rings. The van der Waals surface area contributed by atoms with Crippen LogP contribution < -0.4 is 5.73 Å². The van der Waals surface area contributed by atoms with Crippen LogP contribution in [0.25, 0.3) is 33.0 Å². The number of oxazole rings is 1. The van der Waals surface area contributed by atoms with Gasteiger partial charge in [-0.05, 0) is 12.2 Å². The Morgan fingerprint density at radius 1 is 1.06 bits per heavy atom. The van der Waals surface area contributed by atoms with Crippen LogP contribution in [-0.2, 0) is 0 Å². The van der Waals surface area contributed by atoms with Crippen molar-refractivity contribution in [1.29, 1.82) is 0 Å². The van der Waals surface area contributed by atoms with Gasteiger partial charge >= 0.3 is 0 Å². The first-order chi connectivity index (χ1) is 15.2. The number of anilines is 1. The molecule has 0 saturated heterocycles. The van der Waals surface area contributed by atoms with Crippen LogP contribution in [0.5, 0.6) is 0 Å². The molecule has 0 fully saturated rings. The Morgan fingerprint density at radius 3 is 2.39 bits per heavy atom. The molecule has 0 spiro atoms. The molecular weight excluding hydrogens is 424 g/mol. The first kappa shape index (κ1) is 24.9. The summed E-state index contributed by atoms with van der Waals surface area (Å²) < 4.78 is 6.21. The number of benzene rings is 1. The standard InChI is InChI=1S/C19H18N4OS2.C3H8.C2H6/c1-2-3-9-25-19-15(20)14-16(12-7-5-4-6-8-12)22-17(23-18(14)26-19)13-10-24-11-21-13;1-3-2;1-2/h4-8,10-11H,2-3,9,20H2,1H3;3H2,1-2H3;1-2H3. The zero-order valence-corrected chi connectivity index (χ0v) is 20.6. The third-order valence-corrected chi connectivity index (χ3v) is 6.47. The van der Waals surface area contributed by atoms with Crippen LogP contribution in [0, 0.1) is 0 Å². The van der Waals surface area contributed by atoms with Crippen molar-refractivity contribution >= 4 is 39.0 Å². The van der Waals surface area contributed by atoms with E-state index in [2.05, 4.69) is 25.8 Å². The van der Waals surface area contributed by atoms with Gasteiger partial charge in [-0.2, -0.15) is 0 Å². The minimum atomic E-state index is 0.552. The largest absolute Gasteiger partial charge is 0.451 e. The number of aromatic nitrogens is 3. The van der Waals surface area contributed by atoms with E-state index in [4.69, 9.17) is 20.1 Å². The topological polar surface area (TPSA) is 77.8 Å². The fourth-order valence-corrected chi connectivity index (χ4v) is 5.09. The predicted octanol–water partition coefficient (Wildman–Crippen LogP) is 7.93. The lowest BCUT2D eigenvalue weighted by Crippen LogP contribution is -1.95. The maximum Gasteiger partial charge on any atom is 0.183 e. The molecule has 4 rings (SSSR count). The normalized spacial score (nSPS) is 10.2. The Balaban J connectivity index is 0.000000630. The van der Waals surface area contributed by atoms with E-state index < -0.39 is 0 Å². The Bertz CT molecular complexity index is 1030. The number of nitrogens with zero attached hydrogens (tertiary/aromatic N) is 3. The molecule has 2 N–H and O–H groups in total. The first-order valence-electron chi connectivity index (χ1n) is 10.9. The van der Waals surface area contributed by atoms with E-state index in [1.165, 1.54) is 25.7 Å². The number of rotatable bonds is 6. The molecule has 166 valence electrons. The first-order valence-corrected chi connectivity index (χ1v) is 12.7. The lowest BCUT2D eigenvalue weighted by molar-refractivity contribution is 0.558. The molecule has 3 aromatic heterocycles. The highest BCUT2D eigenvalue weighted by Crippen LogP contribution is 2.44. The lowest BCUT2D eigenvalue weighted by Gasteiger charge is -2.06. The van der Waals surface area contributed by atoms with Gasteiger partial charge in [0, 0.05) is 5.56 Å². The molecule has 0 amide bonds. The highest BCUT2D eigenvalue weighted by molar-refractivity contribution is 8.01. The number of hydrogen-bond acceptors (Lipinski definition) is 7. The van der Waals surface area contributed by atoms with Gasteiger partial charge in [0.15, 0.2) is 12.2 Å². The molecule has 0 aliphatic carbocycles. The highest BCUT2D eigenvalue weighted by Gasteiger charge is 2.19. The average Bonchev–Trinajstić information content (AvgIpc) is 3.45. The molecule has 31 heavy (non-hydrogen) atoms. The van der Waals surface area contributed by atoms with E-state index >= 15 is 0 Å². The molecule has 0 atom stereocenters. The van der Waals surface area contributed by atoms with Gasteiger partial charge in [-0.3, -0.25) is 0 Å². The number of hydrogen-bond donors (Lipinski definition) is 1. The second-order valence-corrected chi connectivity index (χ2v) is 8.89. The van der Waals surface area contributed by atoms with Crippen LogP contribution in [0.1, 0.15) is 53.9 Å². The van der Waals surface area contributed by atoms with Crippen molar-refractivity contribution < 1.29 is 4.42 Å².